The van der Waals surface area contributed by atoms with Crippen LogP contribution in [0.4, 0.5) is 0 Å². The predicted molar refractivity (Wildman–Crippen MR) is 87.4 cm³/mol. The van der Waals surface area contributed by atoms with Crippen LogP contribution in [-0.2, 0) is 12.8 Å². The van der Waals surface area contributed by atoms with E-state index in [2.05, 4.69) is 36.1 Å². The zero-order valence-corrected chi connectivity index (χ0v) is 13.4. The Labute approximate surface area is 129 Å². The Morgan fingerprint density at radius 1 is 1.19 bits per heavy atom. The van der Waals surface area contributed by atoms with Gasteiger partial charge in [0.2, 0.25) is 0 Å². The number of hydrogen-bond acceptors (Lipinski definition) is 2. The van der Waals surface area contributed by atoms with Crippen LogP contribution in [0.2, 0.25) is 0 Å². The molecule has 2 heteroatoms. The molecule has 1 aromatic rings. The van der Waals surface area contributed by atoms with Gasteiger partial charge in [-0.2, -0.15) is 0 Å². The number of aliphatic hydroxyl groups excluding tert-OH is 1. The smallest absolute Gasteiger partial charge is 0.0499 e. The van der Waals surface area contributed by atoms with E-state index < -0.39 is 0 Å². The molecule has 2 atom stereocenters. The molecule has 2 unspecified atom stereocenters. The fourth-order valence-corrected chi connectivity index (χ4v) is 4.45. The number of hydrogen-bond donors (Lipinski definition) is 1. The Balaban J connectivity index is 1.65. The second kappa shape index (κ2) is 6.50. The van der Waals surface area contributed by atoms with E-state index in [1.54, 1.807) is 0 Å². The summed E-state index contributed by atoms with van der Waals surface area (Å²) in [6.07, 6.45) is 7.35. The quantitative estimate of drug-likeness (QED) is 0.922. The van der Waals surface area contributed by atoms with Gasteiger partial charge in [-0.15, -0.1) is 0 Å². The van der Waals surface area contributed by atoms with E-state index in [0.717, 1.165) is 38.4 Å². The third-order valence-electron chi connectivity index (χ3n) is 5.59. The van der Waals surface area contributed by atoms with Crippen molar-refractivity contribution in [2.75, 3.05) is 26.2 Å². The monoisotopic (exact) mass is 287 g/mol. The van der Waals surface area contributed by atoms with Gasteiger partial charge in [-0.05, 0) is 42.7 Å². The Kier molecular flexibility index (Phi) is 4.66. The van der Waals surface area contributed by atoms with Gasteiger partial charge in [0, 0.05) is 31.7 Å². The Bertz CT molecular complexity index is 445. The minimum Gasteiger partial charge on any atom is -0.396 e. The molecular weight excluding hydrogens is 258 g/mol. The van der Waals surface area contributed by atoms with Crippen molar-refractivity contribution in [1.82, 2.24) is 4.90 Å². The summed E-state index contributed by atoms with van der Waals surface area (Å²) >= 11 is 0. The summed E-state index contributed by atoms with van der Waals surface area (Å²) in [5.41, 5.74) is 3.21. The van der Waals surface area contributed by atoms with Crippen molar-refractivity contribution in [3.8, 4) is 0 Å². The van der Waals surface area contributed by atoms with Gasteiger partial charge in [0.05, 0.1) is 0 Å². The average molecular weight is 287 g/mol. The SMILES string of the molecule is CC1CCCC(CO)(CN2CCc3ccccc3CC2)C1. The van der Waals surface area contributed by atoms with Crippen molar-refractivity contribution in [3.05, 3.63) is 35.4 Å². The highest BCUT2D eigenvalue weighted by atomic mass is 16.3. The minimum absolute atomic E-state index is 0.161. The number of aliphatic hydroxyl groups is 1. The van der Waals surface area contributed by atoms with Crippen molar-refractivity contribution >= 4 is 0 Å². The number of fused-ring (bicyclic) bond motifs is 1. The lowest BCUT2D eigenvalue weighted by atomic mass is 9.70. The highest BCUT2D eigenvalue weighted by Crippen LogP contribution is 2.39. The first-order valence-electron chi connectivity index (χ1n) is 8.61. The topological polar surface area (TPSA) is 23.5 Å². The highest BCUT2D eigenvalue weighted by Gasteiger charge is 2.36. The molecule has 0 amide bonds. The summed E-state index contributed by atoms with van der Waals surface area (Å²) in [4.78, 5) is 2.61. The van der Waals surface area contributed by atoms with E-state index in [-0.39, 0.29) is 5.41 Å². The van der Waals surface area contributed by atoms with Gasteiger partial charge >= 0.3 is 0 Å². The van der Waals surface area contributed by atoms with Crippen LogP contribution in [0, 0.1) is 11.3 Å². The molecule has 1 aliphatic heterocycles. The highest BCUT2D eigenvalue weighted by molar-refractivity contribution is 5.28. The molecule has 0 saturated heterocycles. The second-order valence-electron chi connectivity index (χ2n) is 7.40. The summed E-state index contributed by atoms with van der Waals surface area (Å²) in [5, 5.41) is 10.0. The average Bonchev–Trinajstić information content (AvgIpc) is 2.70. The molecule has 0 bridgehead atoms. The molecule has 0 spiro atoms. The van der Waals surface area contributed by atoms with Crippen molar-refractivity contribution < 1.29 is 5.11 Å². The van der Waals surface area contributed by atoms with E-state index in [9.17, 15) is 5.11 Å². The lowest BCUT2D eigenvalue weighted by Gasteiger charge is -2.42. The van der Waals surface area contributed by atoms with Crippen LogP contribution in [0.15, 0.2) is 24.3 Å². The van der Waals surface area contributed by atoms with Crippen LogP contribution < -0.4 is 0 Å². The maximum Gasteiger partial charge on any atom is 0.0499 e. The lowest BCUT2D eigenvalue weighted by Crippen LogP contribution is -2.44. The summed E-state index contributed by atoms with van der Waals surface area (Å²) in [6, 6.07) is 8.88. The largest absolute Gasteiger partial charge is 0.396 e. The first-order valence-corrected chi connectivity index (χ1v) is 8.61. The van der Waals surface area contributed by atoms with E-state index in [0.29, 0.717) is 6.61 Å². The molecule has 116 valence electrons. The molecule has 1 aliphatic carbocycles. The molecule has 2 aliphatic rings. The van der Waals surface area contributed by atoms with Crippen molar-refractivity contribution in [1.29, 1.82) is 0 Å². The minimum atomic E-state index is 0.161. The van der Waals surface area contributed by atoms with Crippen LogP contribution >= 0.6 is 0 Å². The zero-order chi connectivity index (χ0) is 14.7. The fraction of sp³-hybridized carbons (Fsp3) is 0.684. The normalized spacial score (nSPS) is 30.7. The third-order valence-corrected chi connectivity index (χ3v) is 5.59. The molecule has 3 rings (SSSR count). The van der Waals surface area contributed by atoms with Crippen LogP contribution in [0.5, 0.6) is 0 Å². The molecule has 2 nitrogen and oxygen atoms in total. The van der Waals surface area contributed by atoms with Crippen LogP contribution in [0.3, 0.4) is 0 Å². The van der Waals surface area contributed by atoms with Gasteiger partial charge in [0.25, 0.3) is 0 Å². The van der Waals surface area contributed by atoms with Crippen LogP contribution in [0.1, 0.15) is 43.7 Å². The first-order chi connectivity index (χ1) is 10.2. The van der Waals surface area contributed by atoms with E-state index in [1.807, 2.05) is 0 Å². The van der Waals surface area contributed by atoms with Gasteiger partial charge in [-0.1, -0.05) is 44.0 Å². The molecule has 1 saturated carbocycles. The van der Waals surface area contributed by atoms with Crippen molar-refractivity contribution in [3.63, 3.8) is 0 Å². The Morgan fingerprint density at radius 2 is 1.86 bits per heavy atom. The van der Waals surface area contributed by atoms with Gasteiger partial charge in [0.15, 0.2) is 0 Å². The molecule has 21 heavy (non-hydrogen) atoms. The molecule has 1 fully saturated rings. The number of benzene rings is 1. The summed E-state index contributed by atoms with van der Waals surface area (Å²) in [7, 11) is 0. The maximum atomic E-state index is 10.0. The summed E-state index contributed by atoms with van der Waals surface area (Å²) < 4.78 is 0. The standard InChI is InChI=1S/C19H29NO/c1-16-5-4-10-19(13-16,15-21)14-20-11-8-17-6-2-3-7-18(17)9-12-20/h2-3,6-7,16,21H,4-5,8-15H2,1H3. The fourth-order valence-electron chi connectivity index (χ4n) is 4.45. The maximum absolute atomic E-state index is 10.0. The van der Waals surface area contributed by atoms with Crippen molar-refractivity contribution in [2.45, 2.75) is 45.4 Å². The zero-order valence-electron chi connectivity index (χ0n) is 13.4. The summed E-state index contributed by atoms with van der Waals surface area (Å²) in [6.45, 7) is 6.09. The van der Waals surface area contributed by atoms with Crippen LogP contribution in [-0.4, -0.2) is 36.2 Å². The second-order valence-corrected chi connectivity index (χ2v) is 7.40. The molecule has 0 radical (unpaired) electrons. The first kappa shape index (κ1) is 15.1. The van der Waals surface area contributed by atoms with Gasteiger partial charge in [-0.3, -0.25) is 0 Å². The van der Waals surface area contributed by atoms with Gasteiger partial charge in [-0.25, -0.2) is 0 Å². The predicted octanol–water partition coefficient (Wildman–Crippen LogP) is 3.28. The van der Waals surface area contributed by atoms with Crippen LogP contribution in [0.25, 0.3) is 0 Å². The molecule has 1 heterocycles. The molecular formula is C19H29NO. The summed E-state index contributed by atoms with van der Waals surface area (Å²) in [5.74, 6) is 0.773. The molecule has 1 N–H and O–H groups in total. The van der Waals surface area contributed by atoms with Gasteiger partial charge < -0.3 is 10.0 Å². The van der Waals surface area contributed by atoms with Gasteiger partial charge in [0.1, 0.15) is 0 Å². The lowest BCUT2D eigenvalue weighted by molar-refractivity contribution is 0.0250. The van der Waals surface area contributed by atoms with E-state index in [4.69, 9.17) is 0 Å². The van der Waals surface area contributed by atoms with E-state index in [1.165, 1.54) is 36.8 Å². The van der Waals surface area contributed by atoms with E-state index >= 15 is 0 Å². The van der Waals surface area contributed by atoms with Crippen molar-refractivity contribution in [2.24, 2.45) is 11.3 Å². The third kappa shape index (κ3) is 3.49. The Morgan fingerprint density at radius 3 is 2.43 bits per heavy atom. The number of rotatable bonds is 3. The molecule has 1 aromatic carbocycles. The molecule has 0 aromatic heterocycles. The Hall–Kier alpha value is -0.860. The number of nitrogens with zero attached hydrogens (tertiary/aromatic N) is 1.